The maximum atomic E-state index is 11.7. The number of halogens is 2. The van der Waals surface area contributed by atoms with Gasteiger partial charge in [0.15, 0.2) is 0 Å². The lowest BCUT2D eigenvalue weighted by atomic mass is 10.1. The summed E-state index contributed by atoms with van der Waals surface area (Å²) in [5.74, 6) is -1.12. The van der Waals surface area contributed by atoms with Gasteiger partial charge < -0.3 is 5.32 Å². The first kappa shape index (κ1) is 10.8. The Kier molecular flexibility index (Phi) is 1.95. The van der Waals surface area contributed by atoms with Crippen molar-refractivity contribution in [3.05, 3.63) is 11.5 Å². The van der Waals surface area contributed by atoms with Crippen molar-refractivity contribution in [2.45, 2.75) is 10.1 Å². The van der Waals surface area contributed by atoms with E-state index in [9.17, 15) is 14.4 Å². The van der Waals surface area contributed by atoms with Crippen LogP contribution < -0.4 is 16.0 Å². The van der Waals surface area contributed by atoms with Crippen molar-refractivity contribution in [3.63, 3.8) is 0 Å². The monoisotopic (exact) mass is 263 g/mol. The van der Waals surface area contributed by atoms with E-state index in [0.717, 1.165) is 0 Å². The number of nitrogens with one attached hydrogen (secondary N) is 3. The summed E-state index contributed by atoms with van der Waals surface area (Å²) in [5, 5.41) is 4.34. The van der Waals surface area contributed by atoms with Crippen molar-refractivity contribution >= 4 is 41.2 Å². The van der Waals surface area contributed by atoms with Gasteiger partial charge in [-0.05, 0) is 0 Å². The van der Waals surface area contributed by atoms with E-state index in [4.69, 9.17) is 29.8 Å². The molecule has 0 aromatic carbocycles. The van der Waals surface area contributed by atoms with Crippen molar-refractivity contribution in [1.82, 2.24) is 21.0 Å². The number of hydrogen-bond acceptors (Lipinski definition) is 3. The van der Waals surface area contributed by atoms with Crippen molar-refractivity contribution in [2.24, 2.45) is 0 Å². The third-order valence-corrected chi connectivity index (χ3v) is 3.21. The minimum absolute atomic E-state index is 0.154. The summed E-state index contributed by atoms with van der Waals surface area (Å²) in [6.07, 6.45) is 0. The largest absolute Gasteiger partial charge is 0.395 e. The zero-order valence-electron chi connectivity index (χ0n) is 7.38. The van der Waals surface area contributed by atoms with Crippen LogP contribution in [0.15, 0.2) is 0 Å². The van der Waals surface area contributed by atoms with Crippen LogP contribution in [-0.2, 0) is 4.79 Å². The molecule has 2 saturated heterocycles. The maximum absolute atomic E-state index is 11.7. The molecule has 0 spiro atoms. The topological polar surface area (TPSA) is 94.9 Å². The van der Waals surface area contributed by atoms with Crippen molar-refractivity contribution in [2.75, 3.05) is 0 Å². The van der Waals surface area contributed by atoms with Crippen LogP contribution in [0.1, 0.15) is 0 Å². The molecule has 2 unspecified atom stereocenters. The Labute approximate surface area is 98.6 Å². The minimum atomic E-state index is -2.12. The smallest absolute Gasteiger partial charge is 0.306 e. The van der Waals surface area contributed by atoms with Gasteiger partial charge in [-0.2, -0.15) is 6.57 Å². The van der Waals surface area contributed by atoms with Crippen molar-refractivity contribution in [3.8, 4) is 0 Å². The van der Waals surface area contributed by atoms with E-state index in [1.807, 2.05) is 10.6 Å². The molecule has 0 aliphatic carbocycles. The predicted octanol–water partition coefficient (Wildman–Crippen LogP) is -0.487. The van der Waals surface area contributed by atoms with Gasteiger partial charge in [0.25, 0.3) is 5.00 Å². The number of hydrogen-bond donors (Lipinski definition) is 3. The number of rotatable bonds is 0. The number of urea groups is 2. The number of carbonyl (C=O) groups excluding carboxylic acids is 3. The van der Waals surface area contributed by atoms with Crippen LogP contribution in [0.5, 0.6) is 0 Å². The molecule has 2 fully saturated rings. The van der Waals surface area contributed by atoms with Gasteiger partial charge in [0.2, 0.25) is 5.12 Å². The van der Waals surface area contributed by atoms with E-state index >= 15 is 0 Å². The van der Waals surface area contributed by atoms with Gasteiger partial charge in [-0.1, -0.05) is 23.2 Å². The highest BCUT2D eigenvalue weighted by Gasteiger charge is 2.70. The highest BCUT2D eigenvalue weighted by molar-refractivity contribution is 6.46. The van der Waals surface area contributed by atoms with Gasteiger partial charge in [-0.25, -0.2) is 9.59 Å². The molecule has 16 heavy (non-hydrogen) atoms. The molecule has 2 rings (SSSR count). The molecule has 2 heterocycles. The number of amides is 5. The highest BCUT2D eigenvalue weighted by Crippen LogP contribution is 2.37. The molecule has 0 aromatic heterocycles. The zero-order chi connectivity index (χ0) is 12.1. The van der Waals surface area contributed by atoms with Crippen LogP contribution in [0, 0.1) is 6.57 Å². The third-order valence-electron chi connectivity index (χ3n) is 2.10. The molecule has 10 heteroatoms. The minimum Gasteiger partial charge on any atom is -0.306 e. The van der Waals surface area contributed by atoms with Gasteiger partial charge >= 0.3 is 18.0 Å². The van der Waals surface area contributed by atoms with Gasteiger partial charge in [0, 0.05) is 0 Å². The Morgan fingerprint density at radius 1 is 1.19 bits per heavy atom. The Balaban J connectivity index is 2.51. The summed E-state index contributed by atoms with van der Waals surface area (Å²) in [4.78, 5) is 34.6. The predicted molar refractivity (Wildman–Crippen MR) is 50.8 cm³/mol. The normalized spacial score (nSPS) is 37.1. The van der Waals surface area contributed by atoms with Crippen LogP contribution in [0.4, 0.5) is 9.59 Å². The van der Waals surface area contributed by atoms with E-state index in [1.165, 1.54) is 0 Å². The van der Waals surface area contributed by atoms with E-state index in [0.29, 0.717) is 0 Å². The number of imide groups is 1. The molecule has 0 aromatic rings. The summed E-state index contributed by atoms with van der Waals surface area (Å²) in [6, 6.07) is -1.89. The molecule has 8 nitrogen and oxygen atoms in total. The molecule has 3 N–H and O–H groups in total. The second kappa shape index (κ2) is 2.90. The highest BCUT2D eigenvalue weighted by atomic mass is 35.5. The lowest BCUT2D eigenvalue weighted by Crippen LogP contribution is -2.75. The van der Waals surface area contributed by atoms with Crippen molar-refractivity contribution < 1.29 is 14.4 Å². The Morgan fingerprint density at radius 2 is 1.81 bits per heavy atom. The SMILES string of the molecule is [C-]#[N+]N1C(=O)NC2(Cl)NC(=O)NC2(Cl)C1=O. The Morgan fingerprint density at radius 3 is 2.38 bits per heavy atom. The first-order valence-corrected chi connectivity index (χ1v) is 4.62. The number of carbonyl (C=O) groups is 3. The summed E-state index contributed by atoms with van der Waals surface area (Å²) in [7, 11) is 0. The van der Waals surface area contributed by atoms with Gasteiger partial charge in [0.05, 0.1) is 5.01 Å². The molecule has 2 aliphatic heterocycles. The summed E-state index contributed by atoms with van der Waals surface area (Å²) in [6.45, 7) is 6.64. The molecule has 0 bridgehead atoms. The average Bonchev–Trinajstić information content (AvgIpc) is 2.37. The van der Waals surface area contributed by atoms with Crippen LogP contribution in [0.25, 0.3) is 4.95 Å². The molecule has 84 valence electrons. The van der Waals surface area contributed by atoms with E-state index < -0.39 is 28.1 Å². The molecule has 0 saturated carbocycles. The molecular weight excluding hydrogens is 261 g/mol. The van der Waals surface area contributed by atoms with E-state index in [1.54, 1.807) is 0 Å². The van der Waals surface area contributed by atoms with Gasteiger partial charge in [-0.3, -0.25) is 15.4 Å². The average molecular weight is 264 g/mol. The fourth-order valence-electron chi connectivity index (χ4n) is 1.36. The van der Waals surface area contributed by atoms with E-state index in [2.05, 4.69) is 10.3 Å². The molecule has 5 amide bonds. The van der Waals surface area contributed by atoms with Crippen LogP contribution in [-0.4, -0.2) is 33.1 Å². The lowest BCUT2D eigenvalue weighted by Gasteiger charge is -2.37. The summed E-state index contributed by atoms with van der Waals surface area (Å²) < 4.78 is 0. The fraction of sp³-hybridized carbons (Fsp3) is 0.333. The van der Waals surface area contributed by atoms with E-state index in [-0.39, 0.29) is 5.01 Å². The number of fused-ring (bicyclic) bond motifs is 1. The molecular formula is C6H3Cl2N5O3. The van der Waals surface area contributed by atoms with Crippen molar-refractivity contribution in [1.29, 1.82) is 0 Å². The van der Waals surface area contributed by atoms with Crippen LogP contribution >= 0.6 is 23.2 Å². The first-order chi connectivity index (χ1) is 7.34. The first-order valence-electron chi connectivity index (χ1n) is 3.86. The van der Waals surface area contributed by atoms with Gasteiger partial charge in [0.1, 0.15) is 0 Å². The molecule has 2 atom stereocenters. The number of alkyl halides is 2. The lowest BCUT2D eigenvalue weighted by molar-refractivity contribution is -0.132. The standard InChI is InChI=1S/C6H3Cl2N5O3/c1-9-13-2(14)5(7)6(8,12-4(13)16)11-3(15)10-5/h(H,12,16)(H2,10,11,15). The molecule has 2 aliphatic rings. The quantitative estimate of drug-likeness (QED) is 0.313. The van der Waals surface area contributed by atoms with Crippen LogP contribution in [0.2, 0.25) is 0 Å². The Hall–Kier alpha value is -1.72. The maximum Gasteiger partial charge on any atom is 0.395 e. The van der Waals surface area contributed by atoms with Crippen LogP contribution in [0.3, 0.4) is 0 Å². The Bertz CT molecular complexity index is 462. The fourth-order valence-corrected chi connectivity index (χ4v) is 1.92. The molecule has 0 radical (unpaired) electrons. The zero-order valence-corrected chi connectivity index (χ0v) is 8.89. The summed E-state index contributed by atoms with van der Waals surface area (Å²) >= 11 is 11.6. The number of nitrogens with zero attached hydrogens (tertiary/aromatic N) is 2. The summed E-state index contributed by atoms with van der Waals surface area (Å²) in [5.41, 5.74) is 0. The third kappa shape index (κ3) is 1.07. The second-order valence-electron chi connectivity index (χ2n) is 3.04. The second-order valence-corrected chi connectivity index (χ2v) is 4.18. The van der Waals surface area contributed by atoms with Gasteiger partial charge in [-0.15, -0.1) is 4.95 Å².